The van der Waals surface area contributed by atoms with Gasteiger partial charge in [-0.1, -0.05) is 0 Å². The molecule has 1 aromatic heterocycles. The molecule has 0 spiro atoms. The quantitative estimate of drug-likeness (QED) is 0.763. The molecule has 1 rings (SSSR count). The average molecular weight is 261 g/mol. The maximum Gasteiger partial charge on any atom is 0.304 e. The second-order valence-corrected chi connectivity index (χ2v) is 5.37. The molecule has 1 heterocycles. The number of aromatic nitrogens is 2. The molecule has 0 aliphatic rings. The van der Waals surface area contributed by atoms with Crippen molar-refractivity contribution in [3.63, 3.8) is 0 Å². The van der Waals surface area contributed by atoms with Gasteiger partial charge in [0.25, 0.3) is 0 Å². The lowest BCUT2D eigenvalue weighted by Gasteiger charge is -2.05. The predicted octanol–water partition coefficient (Wildman–Crippen LogP) is -0.210. The fourth-order valence-corrected chi connectivity index (χ4v) is 2.97. The minimum atomic E-state index is -3.69. The summed E-state index contributed by atoms with van der Waals surface area (Å²) < 4.78 is 27.5. The van der Waals surface area contributed by atoms with Gasteiger partial charge in [-0.2, -0.15) is 5.10 Å². The van der Waals surface area contributed by atoms with E-state index in [4.69, 9.17) is 5.11 Å². The molecule has 0 unspecified atom stereocenters. The fourth-order valence-electron chi connectivity index (χ4n) is 1.51. The Hall–Kier alpha value is -1.41. The molecule has 0 atom stereocenters. The number of nitrogens with one attached hydrogen (secondary N) is 1. The van der Waals surface area contributed by atoms with Gasteiger partial charge in [0.05, 0.1) is 17.8 Å². The van der Waals surface area contributed by atoms with E-state index in [1.807, 2.05) is 0 Å². The number of hydrogen-bond acceptors (Lipinski definition) is 4. The van der Waals surface area contributed by atoms with E-state index in [9.17, 15) is 13.2 Å². The van der Waals surface area contributed by atoms with Crippen LogP contribution < -0.4 is 4.72 Å². The third kappa shape index (κ3) is 3.04. The first-order chi connectivity index (χ1) is 7.75. The smallest absolute Gasteiger partial charge is 0.304 e. The highest BCUT2D eigenvalue weighted by molar-refractivity contribution is 7.89. The van der Waals surface area contributed by atoms with Crippen LogP contribution in [0.15, 0.2) is 4.90 Å². The molecule has 2 N–H and O–H groups in total. The van der Waals surface area contributed by atoms with Gasteiger partial charge in [0.1, 0.15) is 4.90 Å². The molecule has 0 fully saturated rings. The van der Waals surface area contributed by atoms with Crippen molar-refractivity contribution in [2.75, 3.05) is 6.54 Å². The van der Waals surface area contributed by atoms with Crippen LogP contribution in [0.5, 0.6) is 0 Å². The van der Waals surface area contributed by atoms with Crippen molar-refractivity contribution >= 4 is 16.0 Å². The molecular formula is C9H15N3O4S. The van der Waals surface area contributed by atoms with Crippen molar-refractivity contribution in [1.29, 1.82) is 0 Å². The minimum absolute atomic E-state index is 0.116. The number of rotatable bonds is 5. The largest absolute Gasteiger partial charge is 0.481 e. The Morgan fingerprint density at radius 2 is 2.06 bits per heavy atom. The van der Waals surface area contributed by atoms with Gasteiger partial charge < -0.3 is 5.11 Å². The van der Waals surface area contributed by atoms with Crippen LogP contribution in [0.4, 0.5) is 0 Å². The number of carboxylic acids is 1. The van der Waals surface area contributed by atoms with E-state index in [2.05, 4.69) is 9.82 Å². The maximum absolute atomic E-state index is 11.9. The van der Waals surface area contributed by atoms with E-state index in [1.54, 1.807) is 20.9 Å². The zero-order chi connectivity index (χ0) is 13.2. The summed E-state index contributed by atoms with van der Waals surface area (Å²) in [5.74, 6) is -1.05. The van der Waals surface area contributed by atoms with Gasteiger partial charge in [0, 0.05) is 13.6 Å². The number of carbonyl (C=O) groups is 1. The Morgan fingerprint density at radius 3 is 2.47 bits per heavy atom. The number of aryl methyl sites for hydroxylation is 2. The monoisotopic (exact) mass is 261 g/mol. The molecule has 0 radical (unpaired) electrons. The highest BCUT2D eigenvalue weighted by atomic mass is 32.2. The normalized spacial score (nSPS) is 11.7. The first-order valence-corrected chi connectivity index (χ1v) is 6.45. The van der Waals surface area contributed by atoms with E-state index in [0.717, 1.165) is 0 Å². The molecule has 8 heteroatoms. The molecule has 0 amide bonds. The molecule has 0 saturated heterocycles. The zero-order valence-electron chi connectivity index (χ0n) is 9.89. The van der Waals surface area contributed by atoms with Gasteiger partial charge in [0.15, 0.2) is 0 Å². The van der Waals surface area contributed by atoms with Crippen LogP contribution in [0.1, 0.15) is 17.8 Å². The van der Waals surface area contributed by atoms with Crippen molar-refractivity contribution in [1.82, 2.24) is 14.5 Å². The van der Waals surface area contributed by atoms with Crippen LogP contribution >= 0.6 is 0 Å². The second kappa shape index (κ2) is 4.84. The van der Waals surface area contributed by atoms with E-state index in [-0.39, 0.29) is 17.9 Å². The SMILES string of the molecule is Cc1nn(C)c(C)c1S(=O)(=O)NCCC(=O)O. The number of aliphatic carboxylic acids is 1. The predicted molar refractivity (Wildman–Crippen MR) is 60.1 cm³/mol. The van der Waals surface area contributed by atoms with Gasteiger partial charge in [0.2, 0.25) is 10.0 Å². The Kier molecular flexibility index (Phi) is 3.89. The highest BCUT2D eigenvalue weighted by Gasteiger charge is 2.23. The number of sulfonamides is 1. The van der Waals surface area contributed by atoms with Crippen molar-refractivity contribution in [2.45, 2.75) is 25.2 Å². The first kappa shape index (κ1) is 13.7. The lowest BCUT2D eigenvalue weighted by atomic mass is 10.4. The summed E-state index contributed by atoms with van der Waals surface area (Å²) >= 11 is 0. The van der Waals surface area contributed by atoms with Crippen molar-refractivity contribution in [2.24, 2.45) is 7.05 Å². The lowest BCUT2D eigenvalue weighted by molar-refractivity contribution is -0.136. The van der Waals surface area contributed by atoms with Crippen LogP contribution in [0.3, 0.4) is 0 Å². The summed E-state index contributed by atoms with van der Waals surface area (Å²) in [4.78, 5) is 10.4. The summed E-state index contributed by atoms with van der Waals surface area (Å²) in [6.07, 6.45) is -0.252. The van der Waals surface area contributed by atoms with E-state index < -0.39 is 16.0 Å². The lowest BCUT2D eigenvalue weighted by Crippen LogP contribution is -2.27. The summed E-state index contributed by atoms with van der Waals surface area (Å²) in [7, 11) is -2.04. The molecule has 1 aromatic rings. The van der Waals surface area contributed by atoms with Crippen molar-refractivity contribution in [3.8, 4) is 0 Å². The van der Waals surface area contributed by atoms with Gasteiger partial charge in [-0.15, -0.1) is 0 Å². The van der Waals surface area contributed by atoms with E-state index in [0.29, 0.717) is 11.4 Å². The number of carboxylic acid groups (broad SMARTS) is 1. The maximum atomic E-state index is 11.9. The topological polar surface area (TPSA) is 101 Å². The summed E-state index contributed by atoms with van der Waals surface area (Å²) in [5.41, 5.74) is 0.915. The molecule has 0 aliphatic heterocycles. The highest BCUT2D eigenvalue weighted by Crippen LogP contribution is 2.17. The first-order valence-electron chi connectivity index (χ1n) is 4.97. The van der Waals surface area contributed by atoms with Crippen LogP contribution in [0, 0.1) is 13.8 Å². The Balaban J connectivity index is 2.94. The average Bonchev–Trinajstić information content (AvgIpc) is 2.40. The summed E-state index contributed by atoms with van der Waals surface area (Å²) in [5, 5.41) is 12.4. The van der Waals surface area contributed by atoms with E-state index >= 15 is 0 Å². The second-order valence-electron chi connectivity index (χ2n) is 3.67. The van der Waals surface area contributed by atoms with Crippen molar-refractivity contribution < 1.29 is 18.3 Å². The summed E-state index contributed by atoms with van der Waals surface area (Å²) in [6.45, 7) is 3.11. The van der Waals surface area contributed by atoms with Crippen LogP contribution in [0.2, 0.25) is 0 Å². The fraction of sp³-hybridized carbons (Fsp3) is 0.556. The summed E-state index contributed by atoms with van der Waals surface area (Å²) in [6, 6.07) is 0. The molecular weight excluding hydrogens is 246 g/mol. The standard InChI is InChI=1S/C9H15N3O4S/c1-6-9(7(2)12(3)11-6)17(15,16)10-5-4-8(13)14/h10H,4-5H2,1-3H3,(H,13,14). The van der Waals surface area contributed by atoms with Crippen molar-refractivity contribution in [3.05, 3.63) is 11.4 Å². The molecule has 0 saturated carbocycles. The number of nitrogens with zero attached hydrogens (tertiary/aromatic N) is 2. The molecule has 17 heavy (non-hydrogen) atoms. The van der Waals surface area contributed by atoms with Crippen LogP contribution in [-0.4, -0.2) is 35.8 Å². The molecule has 0 bridgehead atoms. The van der Waals surface area contributed by atoms with Gasteiger partial charge in [-0.3, -0.25) is 9.48 Å². The minimum Gasteiger partial charge on any atom is -0.481 e. The Bertz CT molecular complexity index is 533. The zero-order valence-corrected chi connectivity index (χ0v) is 10.7. The molecule has 96 valence electrons. The van der Waals surface area contributed by atoms with Gasteiger partial charge in [-0.25, -0.2) is 13.1 Å². The Labute approximate surface area is 99.5 Å². The van der Waals surface area contributed by atoms with Crippen LogP contribution in [-0.2, 0) is 21.9 Å². The molecule has 7 nitrogen and oxygen atoms in total. The van der Waals surface area contributed by atoms with Gasteiger partial charge >= 0.3 is 5.97 Å². The van der Waals surface area contributed by atoms with Gasteiger partial charge in [-0.05, 0) is 13.8 Å². The van der Waals surface area contributed by atoms with E-state index in [1.165, 1.54) is 4.68 Å². The number of hydrogen-bond donors (Lipinski definition) is 2. The third-order valence-electron chi connectivity index (χ3n) is 2.34. The third-order valence-corrected chi connectivity index (χ3v) is 4.05. The Morgan fingerprint density at radius 1 is 1.47 bits per heavy atom. The molecule has 0 aliphatic carbocycles. The molecule has 0 aromatic carbocycles. The van der Waals surface area contributed by atoms with Crippen LogP contribution in [0.25, 0.3) is 0 Å².